The topological polar surface area (TPSA) is 73.7 Å². The second-order valence-corrected chi connectivity index (χ2v) is 4.07. The molecule has 0 aliphatic heterocycles. The van der Waals surface area contributed by atoms with Crippen molar-refractivity contribution in [2.45, 2.75) is 13.5 Å². The van der Waals surface area contributed by atoms with E-state index >= 15 is 0 Å². The van der Waals surface area contributed by atoms with Crippen molar-refractivity contribution in [2.75, 3.05) is 0 Å². The lowest BCUT2D eigenvalue weighted by Crippen LogP contribution is -2.27. The number of nitrogens with one attached hydrogen (secondary N) is 1. The van der Waals surface area contributed by atoms with E-state index in [0.29, 0.717) is 5.82 Å². The number of H-pyrrole nitrogens is 1. The number of carbonyl (C=O) groups is 1. The van der Waals surface area contributed by atoms with Gasteiger partial charge in [0.25, 0.3) is 0 Å². The summed E-state index contributed by atoms with van der Waals surface area (Å²) in [6, 6.07) is 7.60. The van der Waals surface area contributed by atoms with Crippen LogP contribution in [0.2, 0.25) is 0 Å². The SMILES string of the molecule is Cc1cccc(-c2n[nH]c(=S)n2CC(=O)[O-])c1. The van der Waals surface area contributed by atoms with E-state index in [4.69, 9.17) is 12.2 Å². The Kier molecular flexibility index (Phi) is 3.06. The number of aromatic amines is 1. The molecule has 1 N–H and O–H groups in total. The minimum atomic E-state index is -1.20. The lowest BCUT2D eigenvalue weighted by Gasteiger charge is -2.07. The fraction of sp³-hybridized carbons (Fsp3) is 0.182. The molecule has 0 radical (unpaired) electrons. The van der Waals surface area contributed by atoms with Gasteiger partial charge in [0.2, 0.25) is 0 Å². The fourth-order valence-electron chi connectivity index (χ4n) is 1.60. The smallest absolute Gasteiger partial charge is 0.195 e. The third-order valence-corrected chi connectivity index (χ3v) is 2.63. The molecule has 6 heteroatoms. The van der Waals surface area contributed by atoms with Gasteiger partial charge in [-0.2, -0.15) is 5.10 Å². The molecule has 0 spiro atoms. The van der Waals surface area contributed by atoms with Crippen LogP contribution in [-0.2, 0) is 11.3 Å². The summed E-state index contributed by atoms with van der Waals surface area (Å²) in [4.78, 5) is 10.6. The minimum absolute atomic E-state index is 0.269. The zero-order valence-electron chi connectivity index (χ0n) is 9.14. The normalized spacial score (nSPS) is 10.4. The molecule has 1 aromatic heterocycles. The van der Waals surface area contributed by atoms with Gasteiger partial charge in [0, 0.05) is 5.56 Å². The van der Waals surface area contributed by atoms with Crippen molar-refractivity contribution in [3.8, 4) is 11.4 Å². The van der Waals surface area contributed by atoms with Crippen molar-refractivity contribution in [2.24, 2.45) is 0 Å². The molecule has 0 aliphatic rings. The van der Waals surface area contributed by atoms with Crippen molar-refractivity contribution in [1.29, 1.82) is 0 Å². The summed E-state index contributed by atoms with van der Waals surface area (Å²) in [5, 5.41) is 17.3. The third kappa shape index (κ3) is 2.42. The molecule has 5 nitrogen and oxygen atoms in total. The molecular weight excluding hydrogens is 238 g/mol. The van der Waals surface area contributed by atoms with Gasteiger partial charge in [-0.05, 0) is 25.2 Å². The number of rotatable bonds is 3. The van der Waals surface area contributed by atoms with Crippen molar-refractivity contribution < 1.29 is 9.90 Å². The highest BCUT2D eigenvalue weighted by Crippen LogP contribution is 2.18. The summed E-state index contributed by atoms with van der Waals surface area (Å²) in [5.41, 5.74) is 1.88. The maximum Gasteiger partial charge on any atom is 0.195 e. The second kappa shape index (κ2) is 4.50. The van der Waals surface area contributed by atoms with E-state index < -0.39 is 5.97 Å². The van der Waals surface area contributed by atoms with Crippen LogP contribution in [-0.4, -0.2) is 20.7 Å². The number of hydrogen-bond donors (Lipinski definition) is 1. The zero-order chi connectivity index (χ0) is 12.4. The summed E-state index contributed by atoms with van der Waals surface area (Å²) >= 11 is 4.98. The first-order chi connectivity index (χ1) is 8.08. The molecule has 0 amide bonds. The predicted molar refractivity (Wildman–Crippen MR) is 62.6 cm³/mol. The largest absolute Gasteiger partial charge is 0.548 e. The van der Waals surface area contributed by atoms with E-state index in [2.05, 4.69) is 10.2 Å². The standard InChI is InChI=1S/C11H11N3O2S/c1-7-3-2-4-8(5-7)10-12-13-11(17)14(10)6-9(15)16/h2-5H,6H2,1H3,(H,13,17)(H,15,16)/p-1. The number of aliphatic carboxylic acids is 1. The van der Waals surface area contributed by atoms with Gasteiger partial charge in [0.05, 0.1) is 12.5 Å². The van der Waals surface area contributed by atoms with Crippen molar-refractivity contribution >= 4 is 18.2 Å². The molecule has 0 unspecified atom stereocenters. The van der Waals surface area contributed by atoms with Crippen LogP contribution in [0.5, 0.6) is 0 Å². The molecule has 2 rings (SSSR count). The highest BCUT2D eigenvalue weighted by atomic mass is 32.1. The Balaban J connectivity index is 2.52. The van der Waals surface area contributed by atoms with Crippen molar-refractivity contribution in [1.82, 2.24) is 14.8 Å². The summed E-state index contributed by atoms with van der Waals surface area (Å²) < 4.78 is 1.67. The fourth-order valence-corrected chi connectivity index (χ4v) is 1.79. The van der Waals surface area contributed by atoms with Gasteiger partial charge in [-0.1, -0.05) is 23.8 Å². The average molecular weight is 248 g/mol. The lowest BCUT2D eigenvalue weighted by molar-refractivity contribution is -0.306. The number of carboxylic acid groups (broad SMARTS) is 1. The lowest BCUT2D eigenvalue weighted by atomic mass is 10.1. The van der Waals surface area contributed by atoms with Crippen LogP contribution in [0.4, 0.5) is 0 Å². The number of aryl methyl sites for hydroxylation is 1. The van der Waals surface area contributed by atoms with Crippen LogP contribution in [0.25, 0.3) is 11.4 Å². The van der Waals surface area contributed by atoms with Gasteiger partial charge in [-0.15, -0.1) is 0 Å². The van der Waals surface area contributed by atoms with Crippen molar-refractivity contribution in [3.63, 3.8) is 0 Å². The van der Waals surface area contributed by atoms with Crippen LogP contribution in [0, 0.1) is 11.7 Å². The Hall–Kier alpha value is -1.95. The molecule has 17 heavy (non-hydrogen) atoms. The van der Waals surface area contributed by atoms with E-state index in [1.54, 1.807) is 0 Å². The van der Waals surface area contributed by atoms with E-state index in [9.17, 15) is 9.90 Å². The third-order valence-electron chi connectivity index (χ3n) is 2.32. The zero-order valence-corrected chi connectivity index (χ0v) is 9.95. The summed E-state index contributed by atoms with van der Waals surface area (Å²) in [6.07, 6.45) is 0. The molecule has 0 aliphatic carbocycles. The summed E-state index contributed by atoms with van der Waals surface area (Å²) in [6.45, 7) is 1.65. The molecule has 0 saturated heterocycles. The molecule has 0 atom stereocenters. The summed E-state index contributed by atoms with van der Waals surface area (Å²) in [7, 11) is 0. The van der Waals surface area contributed by atoms with Gasteiger partial charge in [-0.3, -0.25) is 9.67 Å². The summed E-state index contributed by atoms with van der Waals surface area (Å²) in [5.74, 6) is -0.695. The number of hydrogen-bond acceptors (Lipinski definition) is 4. The van der Waals surface area contributed by atoms with Crippen LogP contribution in [0.15, 0.2) is 24.3 Å². The maximum atomic E-state index is 10.6. The number of benzene rings is 1. The van der Waals surface area contributed by atoms with E-state index in [-0.39, 0.29) is 11.3 Å². The number of aromatic nitrogens is 3. The Morgan fingerprint density at radius 2 is 2.35 bits per heavy atom. The Labute approximate surface area is 103 Å². The number of nitrogens with zero attached hydrogens (tertiary/aromatic N) is 2. The van der Waals surface area contributed by atoms with Crippen molar-refractivity contribution in [3.05, 3.63) is 34.6 Å². The molecule has 88 valence electrons. The molecule has 0 fully saturated rings. The van der Waals surface area contributed by atoms with Gasteiger partial charge < -0.3 is 9.90 Å². The monoisotopic (exact) mass is 248 g/mol. The van der Waals surface area contributed by atoms with E-state index in [1.165, 1.54) is 4.57 Å². The van der Waals surface area contributed by atoms with Gasteiger partial charge in [0.15, 0.2) is 10.6 Å². The predicted octanol–water partition coefficient (Wildman–Crippen LogP) is 0.666. The Morgan fingerprint density at radius 1 is 1.59 bits per heavy atom. The number of carbonyl (C=O) groups excluding carboxylic acids is 1. The van der Waals surface area contributed by atoms with Gasteiger partial charge in [-0.25, -0.2) is 0 Å². The average Bonchev–Trinajstić information content (AvgIpc) is 2.60. The van der Waals surface area contributed by atoms with Crippen LogP contribution >= 0.6 is 12.2 Å². The first-order valence-corrected chi connectivity index (χ1v) is 5.41. The minimum Gasteiger partial charge on any atom is -0.548 e. The van der Waals surface area contributed by atoms with E-state index in [1.807, 2.05) is 31.2 Å². The Bertz CT molecular complexity index is 615. The number of carboxylic acids is 1. The first-order valence-electron chi connectivity index (χ1n) is 5.00. The molecule has 1 heterocycles. The van der Waals surface area contributed by atoms with E-state index in [0.717, 1.165) is 11.1 Å². The molecule has 0 bridgehead atoms. The highest BCUT2D eigenvalue weighted by molar-refractivity contribution is 7.71. The highest BCUT2D eigenvalue weighted by Gasteiger charge is 2.08. The van der Waals surface area contributed by atoms with Crippen LogP contribution < -0.4 is 5.11 Å². The molecular formula is C11H10N3O2S-. The Morgan fingerprint density at radius 3 is 3.00 bits per heavy atom. The van der Waals surface area contributed by atoms with Gasteiger partial charge in [0.1, 0.15) is 0 Å². The maximum absolute atomic E-state index is 10.6. The molecule has 2 aromatic rings. The van der Waals surface area contributed by atoms with Crippen LogP contribution in [0.3, 0.4) is 0 Å². The molecule has 1 aromatic carbocycles. The van der Waals surface area contributed by atoms with Gasteiger partial charge >= 0.3 is 0 Å². The van der Waals surface area contributed by atoms with Crippen LogP contribution in [0.1, 0.15) is 5.56 Å². The molecule has 0 saturated carbocycles. The first kappa shape index (κ1) is 11.5. The quantitative estimate of drug-likeness (QED) is 0.810. The second-order valence-electron chi connectivity index (χ2n) is 3.68.